The second-order valence-electron chi connectivity index (χ2n) is 6.88. The summed E-state index contributed by atoms with van der Waals surface area (Å²) in [6.07, 6.45) is 7.19. The highest BCUT2D eigenvalue weighted by Crippen LogP contribution is 2.37. The van der Waals surface area contributed by atoms with Crippen molar-refractivity contribution >= 4 is 15.7 Å². The summed E-state index contributed by atoms with van der Waals surface area (Å²) < 4.78 is 5.92. The first-order valence-electron chi connectivity index (χ1n) is 8.13. The molecule has 1 aromatic heterocycles. The number of aromatic nitrogens is 2. The molecule has 0 bridgehead atoms. The summed E-state index contributed by atoms with van der Waals surface area (Å²) in [7, 11) is -0.490. The van der Waals surface area contributed by atoms with Crippen LogP contribution in [0, 0.1) is 0 Å². The molecule has 3 rings (SSSR count). The molecule has 0 fully saturated rings. The molecule has 4 nitrogen and oxygen atoms in total. The molecule has 0 N–H and O–H groups in total. The second-order valence-corrected chi connectivity index (χ2v) is 10.3. The van der Waals surface area contributed by atoms with E-state index in [2.05, 4.69) is 42.0 Å². The molecule has 2 atom stereocenters. The maximum absolute atomic E-state index is 5.92. The van der Waals surface area contributed by atoms with Crippen LogP contribution in [-0.2, 0) is 0 Å². The Morgan fingerprint density at radius 3 is 2.70 bits per heavy atom. The number of benzene rings is 1. The maximum atomic E-state index is 5.92. The third-order valence-corrected chi connectivity index (χ3v) is 6.95. The minimum atomic E-state index is -0.490. The fraction of sp³-hybridized carbons (Fsp3) is 0.389. The van der Waals surface area contributed by atoms with Crippen molar-refractivity contribution in [3.05, 3.63) is 48.4 Å². The number of aliphatic imine (C=N–C) groups is 1. The van der Waals surface area contributed by atoms with Crippen molar-refractivity contribution in [2.24, 2.45) is 4.99 Å². The van der Waals surface area contributed by atoms with Crippen molar-refractivity contribution in [2.45, 2.75) is 43.8 Å². The first-order valence-corrected chi connectivity index (χ1v) is 9.66. The van der Waals surface area contributed by atoms with Gasteiger partial charge in [0.15, 0.2) is 0 Å². The Morgan fingerprint density at radius 2 is 2.00 bits per heavy atom. The van der Waals surface area contributed by atoms with Crippen LogP contribution in [0.3, 0.4) is 0 Å². The molecule has 2 heterocycles. The van der Waals surface area contributed by atoms with Crippen LogP contribution in [0.1, 0.15) is 38.6 Å². The number of hydrogen-bond acceptors (Lipinski definition) is 4. The molecule has 0 spiro atoms. The molecular formula is C18H23N3OSi. The normalized spacial score (nSPS) is 19.5. The van der Waals surface area contributed by atoms with Crippen LogP contribution >= 0.6 is 0 Å². The summed E-state index contributed by atoms with van der Waals surface area (Å²) in [5, 5.41) is 8.73. The van der Waals surface area contributed by atoms with Crippen LogP contribution in [0.4, 0.5) is 0 Å². The van der Waals surface area contributed by atoms with Crippen LogP contribution in [0.25, 0.3) is 11.5 Å². The van der Waals surface area contributed by atoms with E-state index in [0.717, 1.165) is 17.9 Å². The Hall–Kier alpha value is -2.01. The van der Waals surface area contributed by atoms with Gasteiger partial charge in [-0.3, -0.25) is 4.99 Å². The fourth-order valence-electron chi connectivity index (χ4n) is 3.15. The van der Waals surface area contributed by atoms with Crippen LogP contribution in [0.5, 0.6) is 0 Å². The van der Waals surface area contributed by atoms with E-state index in [0.29, 0.717) is 17.5 Å². The third-order valence-electron chi connectivity index (χ3n) is 4.46. The SMILES string of the molecule is CC([SiH2]C(C)(C)C1CC=CC=N1)c1nnc(-c2ccccc2)o1. The van der Waals surface area contributed by atoms with E-state index in [4.69, 9.17) is 4.42 Å². The summed E-state index contributed by atoms with van der Waals surface area (Å²) in [5.74, 6) is 1.37. The lowest BCUT2D eigenvalue weighted by molar-refractivity contribution is 0.482. The van der Waals surface area contributed by atoms with Gasteiger partial charge >= 0.3 is 0 Å². The highest BCUT2D eigenvalue weighted by Gasteiger charge is 2.33. The van der Waals surface area contributed by atoms with E-state index < -0.39 is 9.52 Å². The van der Waals surface area contributed by atoms with E-state index in [1.807, 2.05) is 42.6 Å². The molecule has 0 saturated heterocycles. The molecule has 120 valence electrons. The van der Waals surface area contributed by atoms with Gasteiger partial charge in [-0.1, -0.05) is 45.0 Å². The lowest BCUT2D eigenvalue weighted by Crippen LogP contribution is -2.31. The molecule has 0 aliphatic carbocycles. The smallest absolute Gasteiger partial charge is 0.247 e. The first-order chi connectivity index (χ1) is 11.1. The number of allylic oxidation sites excluding steroid dienone is 1. The van der Waals surface area contributed by atoms with Gasteiger partial charge in [-0.2, -0.15) is 0 Å². The molecule has 23 heavy (non-hydrogen) atoms. The van der Waals surface area contributed by atoms with E-state index >= 15 is 0 Å². The predicted octanol–water partition coefficient (Wildman–Crippen LogP) is 3.56. The number of hydrogen-bond donors (Lipinski definition) is 0. The van der Waals surface area contributed by atoms with Crippen molar-refractivity contribution in [2.75, 3.05) is 0 Å². The van der Waals surface area contributed by atoms with Gasteiger partial charge in [0, 0.05) is 26.8 Å². The highest BCUT2D eigenvalue weighted by molar-refractivity contribution is 6.42. The van der Waals surface area contributed by atoms with E-state index in [1.165, 1.54) is 0 Å². The van der Waals surface area contributed by atoms with Crippen LogP contribution in [0.15, 0.2) is 51.9 Å². The van der Waals surface area contributed by atoms with E-state index in [-0.39, 0.29) is 5.04 Å². The number of dihydropyridines is 1. The van der Waals surface area contributed by atoms with Gasteiger partial charge in [0.25, 0.3) is 0 Å². The zero-order valence-electron chi connectivity index (χ0n) is 13.9. The Balaban J connectivity index is 1.71. The molecule has 2 aromatic rings. The first kappa shape index (κ1) is 15.9. The van der Waals surface area contributed by atoms with Gasteiger partial charge in [0.1, 0.15) is 0 Å². The maximum Gasteiger partial charge on any atom is 0.247 e. The predicted molar refractivity (Wildman–Crippen MR) is 96.8 cm³/mol. The molecular weight excluding hydrogens is 302 g/mol. The quantitative estimate of drug-likeness (QED) is 0.790. The van der Waals surface area contributed by atoms with Crippen LogP contribution in [0.2, 0.25) is 5.04 Å². The molecule has 1 aliphatic rings. The zero-order valence-corrected chi connectivity index (χ0v) is 15.4. The number of nitrogens with zero attached hydrogens (tertiary/aromatic N) is 3. The van der Waals surface area contributed by atoms with Crippen molar-refractivity contribution in [3.8, 4) is 11.5 Å². The Bertz CT molecular complexity index is 706. The summed E-state index contributed by atoms with van der Waals surface area (Å²) in [6, 6.07) is 10.3. The van der Waals surface area contributed by atoms with Crippen molar-refractivity contribution in [1.82, 2.24) is 10.2 Å². The van der Waals surface area contributed by atoms with Gasteiger partial charge in [-0.15, -0.1) is 10.2 Å². The minimum Gasteiger partial charge on any atom is -0.421 e. The second kappa shape index (κ2) is 6.62. The molecule has 1 aliphatic heterocycles. The van der Waals surface area contributed by atoms with E-state index in [9.17, 15) is 0 Å². The lowest BCUT2D eigenvalue weighted by Gasteiger charge is -2.33. The van der Waals surface area contributed by atoms with Gasteiger partial charge in [-0.25, -0.2) is 0 Å². The lowest BCUT2D eigenvalue weighted by atomic mass is 9.99. The Labute approximate surface area is 139 Å². The summed E-state index contributed by atoms with van der Waals surface area (Å²) in [6.45, 7) is 6.86. The number of rotatable bonds is 5. The monoisotopic (exact) mass is 325 g/mol. The van der Waals surface area contributed by atoms with Crippen molar-refractivity contribution in [1.29, 1.82) is 0 Å². The fourth-order valence-corrected chi connectivity index (χ4v) is 5.61. The van der Waals surface area contributed by atoms with Crippen molar-refractivity contribution in [3.63, 3.8) is 0 Å². The van der Waals surface area contributed by atoms with Gasteiger partial charge < -0.3 is 4.42 Å². The zero-order chi connectivity index (χ0) is 16.3. The topological polar surface area (TPSA) is 51.3 Å². The van der Waals surface area contributed by atoms with Crippen LogP contribution in [-0.4, -0.2) is 32.0 Å². The van der Waals surface area contributed by atoms with Gasteiger partial charge in [0.2, 0.25) is 11.8 Å². The third kappa shape index (κ3) is 3.67. The molecule has 0 amide bonds. The average Bonchev–Trinajstić information content (AvgIpc) is 3.06. The van der Waals surface area contributed by atoms with Gasteiger partial charge in [0.05, 0.1) is 6.04 Å². The van der Waals surface area contributed by atoms with Crippen LogP contribution < -0.4 is 0 Å². The standard InChI is InChI=1S/C18H23N3OSi/c1-13(23-18(2,3)15-11-7-8-12-19-15)16-20-21-17(22-16)14-9-5-4-6-10-14/h4-10,12-13,15H,11,23H2,1-3H3. The summed E-state index contributed by atoms with van der Waals surface area (Å²) in [4.78, 5) is 4.66. The summed E-state index contributed by atoms with van der Waals surface area (Å²) in [5.41, 5.74) is 1.32. The minimum absolute atomic E-state index is 0.224. The highest BCUT2D eigenvalue weighted by atomic mass is 28.2. The molecule has 0 radical (unpaired) electrons. The van der Waals surface area contributed by atoms with Gasteiger partial charge in [-0.05, 0) is 29.7 Å². The van der Waals surface area contributed by atoms with Crippen molar-refractivity contribution < 1.29 is 4.42 Å². The molecule has 0 saturated carbocycles. The molecule has 5 heteroatoms. The average molecular weight is 325 g/mol. The molecule has 1 aromatic carbocycles. The molecule has 2 unspecified atom stereocenters. The largest absolute Gasteiger partial charge is 0.421 e. The summed E-state index contributed by atoms with van der Waals surface area (Å²) >= 11 is 0. The Morgan fingerprint density at radius 1 is 1.22 bits per heavy atom. The van der Waals surface area contributed by atoms with E-state index in [1.54, 1.807) is 0 Å². The Kier molecular flexibility index (Phi) is 4.57.